The van der Waals surface area contributed by atoms with Crippen LogP contribution < -0.4 is 15.4 Å². The molecule has 8 heteroatoms. The van der Waals surface area contributed by atoms with Crippen molar-refractivity contribution in [2.45, 2.75) is 0 Å². The van der Waals surface area contributed by atoms with Crippen molar-refractivity contribution < 1.29 is 19.4 Å². The number of benzene rings is 1. The number of aromatic carboxylic acids is 1. The minimum absolute atomic E-state index is 0.0297. The SMILES string of the molecule is COc1ccc(C(=O)O)cc1NC(=O)Nc1ncccn1. The van der Waals surface area contributed by atoms with Crippen LogP contribution in [-0.4, -0.2) is 34.2 Å². The van der Waals surface area contributed by atoms with Crippen LogP contribution in [0.4, 0.5) is 16.4 Å². The van der Waals surface area contributed by atoms with Crippen molar-refractivity contribution in [1.82, 2.24) is 9.97 Å². The number of aromatic nitrogens is 2. The maximum atomic E-state index is 11.8. The van der Waals surface area contributed by atoms with Gasteiger partial charge in [0.2, 0.25) is 5.95 Å². The standard InChI is InChI=1S/C13H12N4O4/c1-21-10-4-3-8(11(18)19)7-9(10)16-13(20)17-12-14-5-2-6-15-12/h2-7H,1H3,(H,18,19)(H2,14,15,16,17,20). The smallest absolute Gasteiger partial charge is 0.335 e. The number of methoxy groups -OCH3 is 1. The Hall–Kier alpha value is -3.16. The van der Waals surface area contributed by atoms with Crippen LogP contribution >= 0.6 is 0 Å². The molecule has 2 aromatic rings. The Labute approximate surface area is 119 Å². The van der Waals surface area contributed by atoms with E-state index in [-0.39, 0.29) is 17.2 Å². The number of anilines is 2. The average Bonchev–Trinajstić information content (AvgIpc) is 2.48. The molecule has 0 atom stereocenters. The van der Waals surface area contributed by atoms with E-state index in [2.05, 4.69) is 20.6 Å². The fourth-order valence-corrected chi connectivity index (χ4v) is 1.56. The number of nitrogens with one attached hydrogen (secondary N) is 2. The molecule has 0 unspecified atom stereocenters. The van der Waals surface area contributed by atoms with Crippen molar-refractivity contribution in [3.05, 3.63) is 42.2 Å². The van der Waals surface area contributed by atoms with E-state index in [1.54, 1.807) is 6.07 Å². The number of amides is 2. The van der Waals surface area contributed by atoms with Crippen LogP contribution in [0.3, 0.4) is 0 Å². The molecule has 0 saturated carbocycles. The van der Waals surface area contributed by atoms with E-state index in [1.807, 2.05) is 0 Å². The van der Waals surface area contributed by atoms with E-state index in [0.29, 0.717) is 5.75 Å². The van der Waals surface area contributed by atoms with Gasteiger partial charge in [0.05, 0.1) is 18.4 Å². The zero-order valence-electron chi connectivity index (χ0n) is 11.0. The van der Waals surface area contributed by atoms with Gasteiger partial charge in [-0.25, -0.2) is 19.6 Å². The molecule has 0 fully saturated rings. The summed E-state index contributed by atoms with van der Waals surface area (Å²) in [5.74, 6) is -0.639. The van der Waals surface area contributed by atoms with Crippen LogP contribution in [0.5, 0.6) is 5.75 Å². The Kier molecular flexibility index (Phi) is 4.30. The summed E-state index contributed by atoms with van der Waals surface area (Å²) in [6.07, 6.45) is 2.96. The van der Waals surface area contributed by atoms with Gasteiger partial charge in [0, 0.05) is 12.4 Å². The monoisotopic (exact) mass is 288 g/mol. The third-order valence-corrected chi connectivity index (χ3v) is 2.49. The van der Waals surface area contributed by atoms with Gasteiger partial charge in [-0.15, -0.1) is 0 Å². The van der Waals surface area contributed by atoms with Gasteiger partial charge in [-0.2, -0.15) is 0 Å². The van der Waals surface area contributed by atoms with Crippen LogP contribution in [0.1, 0.15) is 10.4 Å². The number of urea groups is 1. The van der Waals surface area contributed by atoms with Gasteiger partial charge < -0.3 is 15.2 Å². The van der Waals surface area contributed by atoms with Crippen LogP contribution in [0.2, 0.25) is 0 Å². The van der Waals surface area contributed by atoms with Crippen molar-refractivity contribution in [2.75, 3.05) is 17.7 Å². The number of hydrogen-bond donors (Lipinski definition) is 3. The molecule has 0 aliphatic heterocycles. The summed E-state index contributed by atoms with van der Waals surface area (Å²) in [6.45, 7) is 0. The molecule has 1 aromatic heterocycles. The van der Waals surface area contributed by atoms with Gasteiger partial charge >= 0.3 is 12.0 Å². The van der Waals surface area contributed by atoms with Gasteiger partial charge in [0.1, 0.15) is 5.75 Å². The zero-order valence-corrected chi connectivity index (χ0v) is 11.0. The molecule has 0 bridgehead atoms. The second-order valence-corrected chi connectivity index (χ2v) is 3.87. The molecule has 2 rings (SSSR count). The van der Waals surface area contributed by atoms with Crippen molar-refractivity contribution in [3.63, 3.8) is 0 Å². The number of carbonyl (C=O) groups is 2. The fourth-order valence-electron chi connectivity index (χ4n) is 1.56. The Morgan fingerprint density at radius 3 is 2.52 bits per heavy atom. The molecular formula is C13H12N4O4. The summed E-state index contributed by atoms with van der Waals surface area (Å²) < 4.78 is 5.06. The predicted molar refractivity (Wildman–Crippen MR) is 74.6 cm³/mol. The first-order valence-corrected chi connectivity index (χ1v) is 5.86. The minimum Gasteiger partial charge on any atom is -0.495 e. The van der Waals surface area contributed by atoms with E-state index in [1.165, 1.54) is 37.7 Å². The van der Waals surface area contributed by atoms with Gasteiger partial charge in [-0.05, 0) is 24.3 Å². The molecule has 108 valence electrons. The molecule has 2 amide bonds. The lowest BCUT2D eigenvalue weighted by Gasteiger charge is -2.11. The zero-order chi connectivity index (χ0) is 15.2. The molecule has 21 heavy (non-hydrogen) atoms. The molecular weight excluding hydrogens is 276 g/mol. The van der Waals surface area contributed by atoms with Crippen molar-refractivity contribution >= 4 is 23.6 Å². The quantitative estimate of drug-likeness (QED) is 0.791. The maximum Gasteiger partial charge on any atom is 0.335 e. The number of hydrogen-bond acceptors (Lipinski definition) is 5. The Morgan fingerprint density at radius 1 is 1.19 bits per heavy atom. The summed E-state index contributed by atoms with van der Waals surface area (Å²) in [5, 5.41) is 13.9. The lowest BCUT2D eigenvalue weighted by atomic mass is 10.2. The van der Waals surface area contributed by atoms with E-state index in [4.69, 9.17) is 9.84 Å². The molecule has 1 aromatic carbocycles. The highest BCUT2D eigenvalue weighted by molar-refractivity contribution is 6.00. The molecule has 8 nitrogen and oxygen atoms in total. The Balaban J connectivity index is 2.16. The molecule has 0 radical (unpaired) electrons. The van der Waals surface area contributed by atoms with Crippen molar-refractivity contribution in [3.8, 4) is 5.75 Å². The highest BCUT2D eigenvalue weighted by Crippen LogP contribution is 2.25. The van der Waals surface area contributed by atoms with Gasteiger partial charge in [0.15, 0.2) is 0 Å². The highest BCUT2D eigenvalue weighted by atomic mass is 16.5. The summed E-state index contributed by atoms with van der Waals surface area (Å²) in [6, 6.07) is 5.14. The largest absolute Gasteiger partial charge is 0.495 e. The summed E-state index contributed by atoms with van der Waals surface area (Å²) >= 11 is 0. The highest BCUT2D eigenvalue weighted by Gasteiger charge is 2.12. The first kappa shape index (κ1) is 14.3. The van der Waals surface area contributed by atoms with E-state index >= 15 is 0 Å². The number of carboxylic acids is 1. The van der Waals surface area contributed by atoms with E-state index < -0.39 is 12.0 Å². The second-order valence-electron chi connectivity index (χ2n) is 3.87. The fraction of sp³-hybridized carbons (Fsp3) is 0.0769. The molecule has 0 aliphatic rings. The number of carbonyl (C=O) groups excluding carboxylic acids is 1. The van der Waals surface area contributed by atoms with Crippen LogP contribution in [-0.2, 0) is 0 Å². The van der Waals surface area contributed by atoms with Crippen molar-refractivity contribution in [2.24, 2.45) is 0 Å². The normalized spacial score (nSPS) is 9.76. The van der Waals surface area contributed by atoms with Gasteiger partial charge in [-0.1, -0.05) is 0 Å². The first-order valence-electron chi connectivity index (χ1n) is 5.86. The predicted octanol–water partition coefficient (Wildman–Crippen LogP) is 1.83. The number of ether oxygens (including phenoxy) is 1. The maximum absolute atomic E-state index is 11.8. The molecule has 0 saturated heterocycles. The van der Waals surface area contributed by atoms with Gasteiger partial charge in [0.25, 0.3) is 0 Å². The lowest BCUT2D eigenvalue weighted by molar-refractivity contribution is 0.0697. The van der Waals surface area contributed by atoms with Crippen LogP contribution in [0.15, 0.2) is 36.7 Å². The van der Waals surface area contributed by atoms with Crippen LogP contribution in [0, 0.1) is 0 Å². The molecule has 3 N–H and O–H groups in total. The third-order valence-electron chi connectivity index (χ3n) is 2.49. The third kappa shape index (κ3) is 3.66. The number of carboxylic acid groups (broad SMARTS) is 1. The number of nitrogens with zero attached hydrogens (tertiary/aromatic N) is 2. The lowest BCUT2D eigenvalue weighted by Crippen LogP contribution is -2.21. The van der Waals surface area contributed by atoms with Gasteiger partial charge in [-0.3, -0.25) is 5.32 Å². The van der Waals surface area contributed by atoms with Crippen LogP contribution in [0.25, 0.3) is 0 Å². The van der Waals surface area contributed by atoms with Crippen molar-refractivity contribution in [1.29, 1.82) is 0 Å². The second kappa shape index (κ2) is 6.33. The summed E-state index contributed by atoms with van der Waals surface area (Å²) in [5.41, 5.74) is 0.257. The van der Waals surface area contributed by atoms with E-state index in [9.17, 15) is 9.59 Å². The minimum atomic E-state index is -1.10. The topological polar surface area (TPSA) is 113 Å². The summed E-state index contributed by atoms with van der Waals surface area (Å²) in [4.78, 5) is 30.4. The molecule has 0 aliphatic carbocycles. The molecule has 1 heterocycles. The average molecular weight is 288 g/mol. The van der Waals surface area contributed by atoms with E-state index in [0.717, 1.165) is 0 Å². The Bertz CT molecular complexity index is 660. The number of rotatable bonds is 4. The first-order chi connectivity index (χ1) is 10.1. The summed E-state index contributed by atoms with van der Waals surface area (Å²) in [7, 11) is 1.42. The molecule has 0 spiro atoms. The Morgan fingerprint density at radius 2 is 1.90 bits per heavy atom.